The lowest BCUT2D eigenvalue weighted by atomic mass is 10.1. The van der Waals surface area contributed by atoms with Crippen LogP contribution in [0.15, 0.2) is 34.9 Å². The van der Waals surface area contributed by atoms with E-state index in [1.807, 2.05) is 6.07 Å². The van der Waals surface area contributed by atoms with Gasteiger partial charge in [0.05, 0.1) is 5.52 Å². The van der Waals surface area contributed by atoms with E-state index < -0.39 is 0 Å². The lowest BCUT2D eigenvalue weighted by Crippen LogP contribution is -2.29. The predicted octanol–water partition coefficient (Wildman–Crippen LogP) is 3.99. The average molecular weight is 291 g/mol. The molecule has 3 rings (SSSR count). The summed E-state index contributed by atoms with van der Waals surface area (Å²) in [4.78, 5) is 7.01. The van der Waals surface area contributed by atoms with Crippen molar-refractivity contribution < 1.29 is 0 Å². The highest BCUT2D eigenvalue weighted by molar-refractivity contribution is 9.10. The quantitative estimate of drug-likeness (QED) is 0.739. The second kappa shape index (κ2) is 4.65. The van der Waals surface area contributed by atoms with Crippen molar-refractivity contribution in [2.45, 2.75) is 19.3 Å². The van der Waals surface area contributed by atoms with Gasteiger partial charge in [-0.1, -0.05) is 18.2 Å². The molecule has 1 aliphatic rings. The molecule has 0 radical (unpaired) electrons. The molecule has 1 fully saturated rings. The minimum absolute atomic E-state index is 0.928. The van der Waals surface area contributed by atoms with Gasteiger partial charge >= 0.3 is 0 Å². The molecule has 1 saturated heterocycles. The Kier molecular flexibility index (Phi) is 3.02. The van der Waals surface area contributed by atoms with Gasteiger partial charge in [-0.2, -0.15) is 0 Å². The van der Waals surface area contributed by atoms with Crippen LogP contribution in [0, 0.1) is 0 Å². The number of hydrogen-bond acceptors (Lipinski definition) is 2. The third kappa shape index (κ3) is 2.16. The Bertz CT molecular complexity index is 533. The van der Waals surface area contributed by atoms with Crippen LogP contribution in [-0.2, 0) is 0 Å². The summed E-state index contributed by atoms with van der Waals surface area (Å²) in [5.41, 5.74) is 2.39. The zero-order valence-corrected chi connectivity index (χ0v) is 11.3. The Morgan fingerprint density at radius 2 is 1.82 bits per heavy atom. The molecule has 1 aromatic carbocycles. The minimum Gasteiger partial charge on any atom is -0.371 e. The molecule has 0 unspecified atom stereocenters. The van der Waals surface area contributed by atoms with Crippen LogP contribution in [0.1, 0.15) is 19.3 Å². The van der Waals surface area contributed by atoms with Crippen LogP contribution in [0.25, 0.3) is 10.9 Å². The number of nitrogens with zero attached hydrogens (tertiary/aromatic N) is 2. The van der Waals surface area contributed by atoms with E-state index in [0.717, 1.165) is 10.1 Å². The van der Waals surface area contributed by atoms with Crippen molar-refractivity contribution in [1.82, 2.24) is 4.98 Å². The van der Waals surface area contributed by atoms with Crippen molar-refractivity contribution in [2.24, 2.45) is 0 Å². The van der Waals surface area contributed by atoms with Crippen molar-refractivity contribution in [3.05, 3.63) is 34.9 Å². The van der Waals surface area contributed by atoms with Gasteiger partial charge < -0.3 is 4.90 Å². The number of benzene rings is 1. The standard InChI is InChI=1S/C14H15BrN2/c15-14-10-13(17-8-4-1-5-9-17)11-6-2-3-7-12(11)16-14/h2-3,6-7,10H,1,4-5,8-9H2. The zero-order chi connectivity index (χ0) is 11.7. The molecular weight excluding hydrogens is 276 g/mol. The van der Waals surface area contributed by atoms with Gasteiger partial charge in [-0.05, 0) is 47.3 Å². The van der Waals surface area contributed by atoms with Crippen LogP contribution < -0.4 is 4.90 Å². The van der Waals surface area contributed by atoms with Crippen LogP contribution in [0.5, 0.6) is 0 Å². The SMILES string of the molecule is Brc1cc(N2CCCCC2)c2ccccc2n1. The molecule has 0 aliphatic carbocycles. The van der Waals surface area contributed by atoms with E-state index in [0.29, 0.717) is 0 Å². The fourth-order valence-corrected chi connectivity index (χ4v) is 2.93. The summed E-state index contributed by atoms with van der Waals surface area (Å²) >= 11 is 3.51. The van der Waals surface area contributed by atoms with Crippen LogP contribution >= 0.6 is 15.9 Å². The van der Waals surface area contributed by atoms with Gasteiger partial charge in [0.1, 0.15) is 4.60 Å². The first-order chi connectivity index (χ1) is 8.34. The van der Waals surface area contributed by atoms with Gasteiger partial charge in [-0.3, -0.25) is 0 Å². The van der Waals surface area contributed by atoms with E-state index in [1.165, 1.54) is 43.4 Å². The highest BCUT2D eigenvalue weighted by Crippen LogP contribution is 2.30. The van der Waals surface area contributed by atoms with Crippen molar-refractivity contribution in [3.8, 4) is 0 Å². The molecule has 0 atom stereocenters. The molecular formula is C14H15BrN2. The highest BCUT2D eigenvalue weighted by Gasteiger charge is 2.14. The third-order valence-electron chi connectivity index (χ3n) is 3.36. The van der Waals surface area contributed by atoms with E-state index in [1.54, 1.807) is 0 Å². The molecule has 0 amide bonds. The Morgan fingerprint density at radius 1 is 1.06 bits per heavy atom. The number of hydrogen-bond donors (Lipinski definition) is 0. The fourth-order valence-electron chi connectivity index (χ4n) is 2.52. The fraction of sp³-hybridized carbons (Fsp3) is 0.357. The number of anilines is 1. The number of halogens is 1. The topological polar surface area (TPSA) is 16.1 Å². The minimum atomic E-state index is 0.928. The van der Waals surface area contributed by atoms with Gasteiger partial charge in [0.25, 0.3) is 0 Å². The van der Waals surface area contributed by atoms with Gasteiger partial charge in [0.15, 0.2) is 0 Å². The van der Waals surface area contributed by atoms with Gasteiger partial charge in [-0.15, -0.1) is 0 Å². The molecule has 2 aromatic rings. The Balaban J connectivity index is 2.13. The first-order valence-corrected chi connectivity index (χ1v) is 6.94. The lowest BCUT2D eigenvalue weighted by molar-refractivity contribution is 0.579. The van der Waals surface area contributed by atoms with Crippen LogP contribution in [0.4, 0.5) is 5.69 Å². The molecule has 2 heterocycles. The Morgan fingerprint density at radius 3 is 2.65 bits per heavy atom. The number of piperidine rings is 1. The first-order valence-electron chi connectivity index (χ1n) is 6.15. The van der Waals surface area contributed by atoms with E-state index >= 15 is 0 Å². The van der Waals surface area contributed by atoms with Crippen molar-refractivity contribution in [2.75, 3.05) is 18.0 Å². The predicted molar refractivity (Wildman–Crippen MR) is 75.5 cm³/mol. The smallest absolute Gasteiger partial charge is 0.108 e. The van der Waals surface area contributed by atoms with E-state index in [-0.39, 0.29) is 0 Å². The maximum atomic E-state index is 4.52. The van der Waals surface area contributed by atoms with Gasteiger partial charge in [-0.25, -0.2) is 4.98 Å². The molecule has 0 spiro atoms. The summed E-state index contributed by atoms with van der Waals surface area (Å²) in [6.07, 6.45) is 3.96. The summed E-state index contributed by atoms with van der Waals surface area (Å²) in [5, 5.41) is 1.26. The van der Waals surface area contributed by atoms with Crippen LogP contribution in [0.3, 0.4) is 0 Å². The molecule has 1 aromatic heterocycles. The average Bonchev–Trinajstić information content (AvgIpc) is 2.39. The number of rotatable bonds is 1. The van der Waals surface area contributed by atoms with E-state index in [4.69, 9.17) is 0 Å². The number of fused-ring (bicyclic) bond motifs is 1. The second-order valence-corrected chi connectivity index (χ2v) is 5.34. The van der Waals surface area contributed by atoms with E-state index in [2.05, 4.69) is 50.1 Å². The Hall–Kier alpha value is -1.09. The number of para-hydroxylation sites is 1. The Labute approximate surface area is 110 Å². The first kappa shape index (κ1) is 11.0. The second-order valence-electron chi connectivity index (χ2n) is 4.53. The third-order valence-corrected chi connectivity index (χ3v) is 3.77. The molecule has 0 bridgehead atoms. The largest absolute Gasteiger partial charge is 0.371 e. The van der Waals surface area contributed by atoms with Crippen molar-refractivity contribution in [3.63, 3.8) is 0 Å². The molecule has 88 valence electrons. The van der Waals surface area contributed by atoms with E-state index in [9.17, 15) is 0 Å². The van der Waals surface area contributed by atoms with Crippen molar-refractivity contribution in [1.29, 1.82) is 0 Å². The summed E-state index contributed by atoms with van der Waals surface area (Å²) in [5.74, 6) is 0. The van der Waals surface area contributed by atoms with Gasteiger partial charge in [0.2, 0.25) is 0 Å². The molecule has 1 aliphatic heterocycles. The summed E-state index contributed by atoms with van der Waals surface area (Å²) in [7, 11) is 0. The lowest BCUT2D eigenvalue weighted by Gasteiger charge is -2.29. The molecule has 0 N–H and O–H groups in total. The summed E-state index contributed by atoms with van der Waals surface area (Å²) < 4.78 is 0.928. The molecule has 0 saturated carbocycles. The summed E-state index contributed by atoms with van der Waals surface area (Å²) in [6.45, 7) is 2.33. The van der Waals surface area contributed by atoms with Crippen LogP contribution in [-0.4, -0.2) is 18.1 Å². The zero-order valence-electron chi connectivity index (χ0n) is 9.69. The molecule has 17 heavy (non-hydrogen) atoms. The van der Waals surface area contributed by atoms with Crippen molar-refractivity contribution >= 4 is 32.5 Å². The number of pyridine rings is 1. The summed E-state index contributed by atoms with van der Waals surface area (Å²) in [6, 6.07) is 10.5. The maximum absolute atomic E-state index is 4.52. The highest BCUT2D eigenvalue weighted by atomic mass is 79.9. The maximum Gasteiger partial charge on any atom is 0.108 e. The molecule has 3 heteroatoms. The number of aromatic nitrogens is 1. The van der Waals surface area contributed by atoms with Gasteiger partial charge in [0, 0.05) is 24.2 Å². The monoisotopic (exact) mass is 290 g/mol. The van der Waals surface area contributed by atoms with Crippen LogP contribution in [0.2, 0.25) is 0 Å². The molecule has 2 nitrogen and oxygen atoms in total. The normalized spacial score (nSPS) is 16.4.